The van der Waals surface area contributed by atoms with Crippen molar-refractivity contribution < 1.29 is 32.2 Å². The largest absolute Gasteiger partial charge is 0.465 e. The third kappa shape index (κ3) is 4.81. The Labute approximate surface area is 172 Å². The molecule has 0 spiro atoms. The maximum Gasteiger partial charge on any atom is 0.416 e. The summed E-state index contributed by atoms with van der Waals surface area (Å²) in [6.45, 7) is 0.981. The fourth-order valence-electron chi connectivity index (χ4n) is 3.58. The molecule has 0 radical (unpaired) electrons. The smallest absolute Gasteiger partial charge is 0.416 e. The highest BCUT2D eigenvalue weighted by atomic mass is 19.4. The number of hydrogen-bond donors (Lipinski definition) is 1. The number of amides is 1. The van der Waals surface area contributed by atoms with E-state index < -0.39 is 23.1 Å². The summed E-state index contributed by atoms with van der Waals surface area (Å²) in [5.41, 5.74) is -0.174. The van der Waals surface area contributed by atoms with Crippen LogP contribution in [0.5, 0.6) is 0 Å². The number of alkyl halides is 3. The lowest BCUT2D eigenvalue weighted by atomic mass is 9.73. The summed E-state index contributed by atoms with van der Waals surface area (Å²) >= 11 is 0. The molecule has 160 valence electrons. The Kier molecular flexibility index (Phi) is 6.45. The van der Waals surface area contributed by atoms with Gasteiger partial charge in [0.05, 0.1) is 18.2 Å². The zero-order chi connectivity index (χ0) is 21.8. The standard InChI is InChI=1S/C22H22F3NO4/c1-29-20(28)16-7-5-15(6-8-16)19(27)26-14-21(9-11-30-12-10-21)17-3-2-4-18(13-17)22(23,24)25/h2-8,13H,9-12,14H2,1H3,(H,26,27). The van der Waals surface area contributed by atoms with Gasteiger partial charge in [-0.15, -0.1) is 0 Å². The topological polar surface area (TPSA) is 64.6 Å². The minimum atomic E-state index is -4.44. The van der Waals surface area contributed by atoms with Gasteiger partial charge in [0.25, 0.3) is 5.91 Å². The Morgan fingerprint density at radius 2 is 1.70 bits per heavy atom. The van der Waals surface area contributed by atoms with E-state index >= 15 is 0 Å². The molecule has 2 aromatic rings. The first-order valence-electron chi connectivity index (χ1n) is 9.47. The average Bonchev–Trinajstić information content (AvgIpc) is 2.77. The Morgan fingerprint density at radius 3 is 2.30 bits per heavy atom. The van der Waals surface area contributed by atoms with Crippen molar-refractivity contribution in [1.29, 1.82) is 0 Å². The normalized spacial score (nSPS) is 16.0. The highest BCUT2D eigenvalue weighted by Gasteiger charge is 2.37. The number of hydrogen-bond acceptors (Lipinski definition) is 4. The fourth-order valence-corrected chi connectivity index (χ4v) is 3.58. The number of ether oxygens (including phenoxy) is 2. The van der Waals surface area contributed by atoms with Crippen molar-refractivity contribution in [1.82, 2.24) is 5.32 Å². The lowest BCUT2D eigenvalue weighted by molar-refractivity contribution is -0.137. The zero-order valence-corrected chi connectivity index (χ0v) is 16.4. The average molecular weight is 421 g/mol. The first-order valence-corrected chi connectivity index (χ1v) is 9.47. The van der Waals surface area contributed by atoms with E-state index in [9.17, 15) is 22.8 Å². The molecule has 8 heteroatoms. The zero-order valence-electron chi connectivity index (χ0n) is 16.4. The van der Waals surface area contributed by atoms with Crippen molar-refractivity contribution >= 4 is 11.9 Å². The van der Waals surface area contributed by atoms with Gasteiger partial charge in [0.2, 0.25) is 0 Å². The van der Waals surface area contributed by atoms with Crippen molar-refractivity contribution in [2.45, 2.75) is 24.4 Å². The van der Waals surface area contributed by atoms with Gasteiger partial charge in [-0.25, -0.2) is 4.79 Å². The number of nitrogens with one attached hydrogen (secondary N) is 1. The molecule has 0 unspecified atom stereocenters. The molecule has 0 bridgehead atoms. The van der Waals surface area contributed by atoms with Crippen LogP contribution < -0.4 is 5.32 Å². The van der Waals surface area contributed by atoms with Crippen molar-refractivity contribution in [3.63, 3.8) is 0 Å². The lowest BCUT2D eigenvalue weighted by Gasteiger charge is -2.38. The SMILES string of the molecule is COC(=O)c1ccc(C(=O)NCC2(c3cccc(C(F)(F)F)c3)CCOCC2)cc1. The van der Waals surface area contributed by atoms with Gasteiger partial charge in [0.15, 0.2) is 0 Å². The van der Waals surface area contributed by atoms with E-state index in [4.69, 9.17) is 4.74 Å². The summed E-state index contributed by atoms with van der Waals surface area (Å²) in [5.74, 6) is -0.878. The maximum absolute atomic E-state index is 13.2. The molecule has 0 atom stereocenters. The van der Waals surface area contributed by atoms with Gasteiger partial charge in [-0.3, -0.25) is 4.79 Å². The van der Waals surface area contributed by atoms with Gasteiger partial charge < -0.3 is 14.8 Å². The summed E-state index contributed by atoms with van der Waals surface area (Å²) in [7, 11) is 1.27. The molecule has 5 nitrogen and oxygen atoms in total. The van der Waals surface area contributed by atoms with Crippen LogP contribution in [-0.4, -0.2) is 38.7 Å². The number of carbonyl (C=O) groups is 2. The molecule has 1 amide bonds. The van der Waals surface area contributed by atoms with Crippen LogP contribution in [0.15, 0.2) is 48.5 Å². The molecule has 30 heavy (non-hydrogen) atoms. The van der Waals surface area contributed by atoms with Crippen LogP contribution in [0.3, 0.4) is 0 Å². The third-order valence-corrected chi connectivity index (χ3v) is 5.41. The highest BCUT2D eigenvalue weighted by Crippen LogP contribution is 2.37. The Bertz CT molecular complexity index is 903. The second-order valence-electron chi connectivity index (χ2n) is 7.22. The van der Waals surface area contributed by atoms with E-state index in [0.29, 0.717) is 42.7 Å². The molecule has 1 aliphatic rings. The van der Waals surface area contributed by atoms with Crippen LogP contribution >= 0.6 is 0 Å². The lowest BCUT2D eigenvalue weighted by Crippen LogP contribution is -2.44. The number of carbonyl (C=O) groups excluding carboxylic acids is 2. The van der Waals surface area contributed by atoms with Crippen molar-refractivity contribution in [2.24, 2.45) is 0 Å². The Balaban J connectivity index is 1.79. The second-order valence-corrected chi connectivity index (χ2v) is 7.22. The van der Waals surface area contributed by atoms with E-state index in [2.05, 4.69) is 10.1 Å². The predicted octanol–water partition coefficient (Wildman–Crippen LogP) is 3.97. The Hall–Kier alpha value is -2.87. The monoisotopic (exact) mass is 421 g/mol. The van der Waals surface area contributed by atoms with E-state index in [-0.39, 0.29) is 12.5 Å². The van der Waals surface area contributed by atoms with E-state index in [0.717, 1.165) is 12.1 Å². The van der Waals surface area contributed by atoms with E-state index in [1.807, 2.05) is 0 Å². The van der Waals surface area contributed by atoms with Crippen molar-refractivity contribution in [3.05, 3.63) is 70.8 Å². The van der Waals surface area contributed by atoms with Gasteiger partial charge in [0, 0.05) is 30.7 Å². The molecule has 3 rings (SSSR count). The van der Waals surface area contributed by atoms with Gasteiger partial charge in [-0.2, -0.15) is 13.2 Å². The highest BCUT2D eigenvalue weighted by molar-refractivity contribution is 5.96. The third-order valence-electron chi connectivity index (χ3n) is 5.41. The quantitative estimate of drug-likeness (QED) is 0.742. The van der Waals surface area contributed by atoms with Gasteiger partial charge in [0.1, 0.15) is 0 Å². The van der Waals surface area contributed by atoms with Crippen LogP contribution in [0.1, 0.15) is 44.7 Å². The first kappa shape index (κ1) is 21.8. The summed E-state index contributed by atoms with van der Waals surface area (Å²) in [4.78, 5) is 24.1. The number of halogens is 3. The maximum atomic E-state index is 13.2. The van der Waals surface area contributed by atoms with Crippen LogP contribution in [0, 0.1) is 0 Å². The predicted molar refractivity (Wildman–Crippen MR) is 103 cm³/mol. The minimum absolute atomic E-state index is 0.176. The minimum Gasteiger partial charge on any atom is -0.465 e. The fraction of sp³-hybridized carbons (Fsp3) is 0.364. The molecule has 1 aliphatic heterocycles. The summed E-state index contributed by atoms with van der Waals surface area (Å²) in [6.07, 6.45) is -3.45. The number of benzene rings is 2. The molecule has 0 aromatic heterocycles. The molecule has 2 aromatic carbocycles. The number of esters is 1. The van der Waals surface area contributed by atoms with Crippen LogP contribution in [-0.2, 0) is 21.1 Å². The molecular formula is C22H22F3NO4. The van der Waals surface area contributed by atoms with Gasteiger partial charge in [-0.1, -0.05) is 18.2 Å². The molecular weight excluding hydrogens is 399 g/mol. The molecule has 1 heterocycles. The number of methoxy groups -OCH3 is 1. The molecule has 0 saturated carbocycles. The summed E-state index contributed by atoms with van der Waals surface area (Å²) in [6, 6.07) is 11.2. The van der Waals surface area contributed by atoms with Gasteiger partial charge in [-0.05, 0) is 48.7 Å². The van der Waals surface area contributed by atoms with Crippen LogP contribution in [0.4, 0.5) is 13.2 Å². The van der Waals surface area contributed by atoms with E-state index in [1.54, 1.807) is 6.07 Å². The second kappa shape index (κ2) is 8.87. The molecule has 1 saturated heterocycles. The van der Waals surface area contributed by atoms with E-state index in [1.165, 1.54) is 37.4 Å². The molecule has 1 fully saturated rings. The van der Waals surface area contributed by atoms with Crippen molar-refractivity contribution in [3.8, 4) is 0 Å². The van der Waals surface area contributed by atoms with Crippen LogP contribution in [0.25, 0.3) is 0 Å². The Morgan fingerprint density at radius 1 is 1.07 bits per heavy atom. The number of rotatable bonds is 5. The molecule has 0 aliphatic carbocycles. The summed E-state index contributed by atoms with van der Waals surface area (Å²) in [5, 5.41) is 2.84. The summed E-state index contributed by atoms with van der Waals surface area (Å²) < 4.78 is 49.6. The molecule has 1 N–H and O–H groups in total. The van der Waals surface area contributed by atoms with Gasteiger partial charge >= 0.3 is 12.1 Å². The first-order chi connectivity index (χ1) is 14.2. The van der Waals surface area contributed by atoms with Crippen molar-refractivity contribution in [2.75, 3.05) is 26.9 Å². The van der Waals surface area contributed by atoms with Crippen LogP contribution in [0.2, 0.25) is 0 Å².